The zero-order chi connectivity index (χ0) is 15.6. The molecule has 0 aliphatic heterocycles. The molecule has 2 N–H and O–H groups in total. The van der Waals surface area contributed by atoms with E-state index in [1.54, 1.807) is 6.20 Å². The first-order chi connectivity index (χ1) is 11.3. The molecule has 2 amide bonds. The lowest BCUT2D eigenvalue weighted by Gasteiger charge is -2.17. The summed E-state index contributed by atoms with van der Waals surface area (Å²) in [5, 5.41) is 13.6. The van der Waals surface area contributed by atoms with E-state index in [-0.39, 0.29) is 12.0 Å². The normalized spacial score (nSPS) is 17.1. The Labute approximate surface area is 134 Å². The molecule has 0 spiro atoms. The van der Waals surface area contributed by atoms with Crippen molar-refractivity contribution in [3.63, 3.8) is 0 Å². The minimum absolute atomic E-state index is 0.231. The van der Waals surface area contributed by atoms with E-state index in [1.165, 1.54) is 25.7 Å². The Morgan fingerprint density at radius 2 is 1.78 bits per heavy atom. The van der Waals surface area contributed by atoms with Gasteiger partial charge < -0.3 is 5.32 Å². The lowest BCUT2D eigenvalue weighted by Crippen LogP contribution is -2.41. The van der Waals surface area contributed by atoms with Gasteiger partial charge in [0.25, 0.3) is 5.95 Å². The van der Waals surface area contributed by atoms with Crippen molar-refractivity contribution >= 4 is 12.0 Å². The maximum atomic E-state index is 12.2. The second kappa shape index (κ2) is 5.95. The van der Waals surface area contributed by atoms with Crippen molar-refractivity contribution in [1.29, 1.82) is 0 Å². The van der Waals surface area contributed by atoms with Crippen molar-refractivity contribution in [3.05, 3.63) is 36.5 Å². The smallest absolute Gasteiger partial charge is 0.321 e. The SMILES string of the molecule is O=C(Nc1nncc(-c2ccccc2)n1)NC(C1CC1)C1CC1. The fourth-order valence-electron chi connectivity index (χ4n) is 2.92. The third-order valence-electron chi connectivity index (χ3n) is 4.41. The first-order valence-electron chi connectivity index (χ1n) is 8.12. The number of nitrogens with zero attached hydrogens (tertiary/aromatic N) is 3. The predicted molar refractivity (Wildman–Crippen MR) is 86.7 cm³/mol. The molecule has 1 heterocycles. The quantitative estimate of drug-likeness (QED) is 0.890. The molecule has 0 radical (unpaired) electrons. The number of amides is 2. The van der Waals surface area contributed by atoms with Crippen LogP contribution in [0.4, 0.5) is 10.7 Å². The number of aromatic nitrogens is 3. The highest BCUT2D eigenvalue weighted by atomic mass is 16.2. The summed E-state index contributed by atoms with van der Waals surface area (Å²) in [6, 6.07) is 9.79. The fraction of sp³-hybridized carbons (Fsp3) is 0.412. The van der Waals surface area contributed by atoms with E-state index in [9.17, 15) is 4.79 Å². The number of urea groups is 1. The lowest BCUT2D eigenvalue weighted by atomic mass is 10.1. The standard InChI is InChI=1S/C17H19N5O/c23-17(20-15(12-6-7-12)13-8-9-13)21-16-19-14(10-18-22-16)11-4-2-1-3-5-11/h1-5,10,12-13,15H,6-9H2,(H2,19,20,21,22,23). The highest BCUT2D eigenvalue weighted by Gasteiger charge is 2.42. The number of carbonyl (C=O) groups excluding carboxylic acids is 1. The number of hydrogen-bond donors (Lipinski definition) is 2. The molecule has 2 aromatic rings. The topological polar surface area (TPSA) is 79.8 Å². The van der Waals surface area contributed by atoms with Crippen molar-refractivity contribution < 1.29 is 4.79 Å². The fourth-order valence-corrected chi connectivity index (χ4v) is 2.92. The van der Waals surface area contributed by atoms with E-state index in [4.69, 9.17) is 0 Å². The Morgan fingerprint density at radius 3 is 2.43 bits per heavy atom. The number of rotatable bonds is 5. The first kappa shape index (κ1) is 14.1. The van der Waals surface area contributed by atoms with Crippen molar-refractivity contribution in [2.45, 2.75) is 31.7 Å². The molecule has 1 aromatic carbocycles. The molecule has 6 heteroatoms. The van der Waals surface area contributed by atoms with Crippen molar-refractivity contribution in [2.75, 3.05) is 5.32 Å². The highest BCUT2D eigenvalue weighted by Crippen LogP contribution is 2.44. The van der Waals surface area contributed by atoms with Gasteiger partial charge in [0.2, 0.25) is 0 Å². The number of hydrogen-bond acceptors (Lipinski definition) is 4. The van der Waals surface area contributed by atoms with E-state index in [0.29, 0.717) is 23.6 Å². The molecule has 0 atom stereocenters. The van der Waals surface area contributed by atoms with Gasteiger partial charge in [-0.1, -0.05) is 30.3 Å². The maximum absolute atomic E-state index is 12.2. The Morgan fingerprint density at radius 1 is 1.09 bits per heavy atom. The van der Waals surface area contributed by atoms with Gasteiger partial charge in [-0.15, -0.1) is 5.10 Å². The molecule has 0 unspecified atom stereocenters. The highest BCUT2D eigenvalue weighted by molar-refractivity contribution is 5.87. The van der Waals surface area contributed by atoms with Gasteiger partial charge in [-0.3, -0.25) is 5.32 Å². The molecule has 1 aromatic heterocycles. The summed E-state index contributed by atoms with van der Waals surface area (Å²) in [4.78, 5) is 16.6. The second-order valence-electron chi connectivity index (χ2n) is 6.33. The molecule has 2 aliphatic rings. The van der Waals surface area contributed by atoms with E-state index >= 15 is 0 Å². The van der Waals surface area contributed by atoms with Crippen LogP contribution in [0, 0.1) is 11.8 Å². The lowest BCUT2D eigenvalue weighted by molar-refractivity contribution is 0.244. The number of benzene rings is 1. The summed E-state index contributed by atoms with van der Waals surface area (Å²) in [5.74, 6) is 1.54. The Bertz CT molecular complexity index is 685. The molecular weight excluding hydrogens is 290 g/mol. The maximum Gasteiger partial charge on any atom is 0.321 e. The summed E-state index contributed by atoms with van der Waals surface area (Å²) in [5.41, 5.74) is 1.64. The van der Waals surface area contributed by atoms with E-state index in [2.05, 4.69) is 25.8 Å². The van der Waals surface area contributed by atoms with Crippen LogP contribution >= 0.6 is 0 Å². The monoisotopic (exact) mass is 309 g/mol. The largest absolute Gasteiger partial charge is 0.335 e. The van der Waals surface area contributed by atoms with Crippen LogP contribution in [0.3, 0.4) is 0 Å². The Hall–Kier alpha value is -2.50. The molecule has 23 heavy (non-hydrogen) atoms. The van der Waals surface area contributed by atoms with Crippen LogP contribution in [-0.2, 0) is 0 Å². The molecule has 2 fully saturated rings. The van der Waals surface area contributed by atoms with Crippen molar-refractivity contribution in [3.8, 4) is 11.3 Å². The average Bonchev–Trinajstić information content (AvgIpc) is 3.48. The Balaban J connectivity index is 1.43. The van der Waals surface area contributed by atoms with Crippen LogP contribution in [0.5, 0.6) is 0 Å². The third kappa shape index (κ3) is 3.47. The van der Waals surface area contributed by atoms with E-state index in [0.717, 1.165) is 5.56 Å². The molecule has 6 nitrogen and oxygen atoms in total. The minimum Gasteiger partial charge on any atom is -0.335 e. The number of carbonyl (C=O) groups is 1. The number of nitrogens with one attached hydrogen (secondary N) is 2. The van der Waals surface area contributed by atoms with E-state index in [1.807, 2.05) is 30.3 Å². The summed E-state index contributed by atoms with van der Waals surface area (Å²) in [6.07, 6.45) is 6.49. The summed E-state index contributed by atoms with van der Waals surface area (Å²) >= 11 is 0. The van der Waals surface area contributed by atoms with Crippen LogP contribution in [0.15, 0.2) is 36.5 Å². The zero-order valence-corrected chi connectivity index (χ0v) is 12.8. The molecule has 0 bridgehead atoms. The first-order valence-corrected chi connectivity index (χ1v) is 8.12. The Kier molecular flexibility index (Phi) is 3.65. The molecule has 0 saturated heterocycles. The van der Waals surface area contributed by atoms with Crippen LogP contribution in [0.2, 0.25) is 0 Å². The molecule has 4 rings (SSSR count). The van der Waals surface area contributed by atoms with Gasteiger partial charge >= 0.3 is 6.03 Å². The molecule has 2 saturated carbocycles. The molecule has 2 aliphatic carbocycles. The van der Waals surface area contributed by atoms with Crippen LogP contribution < -0.4 is 10.6 Å². The van der Waals surface area contributed by atoms with Crippen LogP contribution in [0.25, 0.3) is 11.3 Å². The molecule has 118 valence electrons. The zero-order valence-electron chi connectivity index (χ0n) is 12.8. The van der Waals surface area contributed by atoms with Gasteiger partial charge in [0.15, 0.2) is 0 Å². The predicted octanol–water partition coefficient (Wildman–Crippen LogP) is 2.85. The summed E-state index contributed by atoms with van der Waals surface area (Å²) in [7, 11) is 0. The van der Waals surface area contributed by atoms with Gasteiger partial charge in [0.05, 0.1) is 11.9 Å². The van der Waals surface area contributed by atoms with Crippen LogP contribution in [-0.4, -0.2) is 27.3 Å². The number of anilines is 1. The van der Waals surface area contributed by atoms with Gasteiger partial charge in [-0.25, -0.2) is 9.78 Å². The summed E-state index contributed by atoms with van der Waals surface area (Å²) in [6.45, 7) is 0. The van der Waals surface area contributed by atoms with Gasteiger partial charge in [-0.05, 0) is 37.5 Å². The van der Waals surface area contributed by atoms with E-state index < -0.39 is 0 Å². The van der Waals surface area contributed by atoms with Crippen molar-refractivity contribution in [2.24, 2.45) is 11.8 Å². The third-order valence-corrected chi connectivity index (χ3v) is 4.41. The average molecular weight is 309 g/mol. The van der Waals surface area contributed by atoms with Crippen LogP contribution in [0.1, 0.15) is 25.7 Å². The van der Waals surface area contributed by atoms with Crippen molar-refractivity contribution in [1.82, 2.24) is 20.5 Å². The molecular formula is C17H19N5O. The van der Waals surface area contributed by atoms with Gasteiger partial charge in [0, 0.05) is 11.6 Å². The second-order valence-corrected chi connectivity index (χ2v) is 6.33. The minimum atomic E-state index is -0.235. The summed E-state index contributed by atoms with van der Waals surface area (Å²) < 4.78 is 0. The van der Waals surface area contributed by atoms with Gasteiger partial charge in [-0.2, -0.15) is 5.10 Å². The van der Waals surface area contributed by atoms with Gasteiger partial charge in [0.1, 0.15) is 0 Å².